The van der Waals surface area contributed by atoms with E-state index in [-0.39, 0.29) is 5.75 Å². The van der Waals surface area contributed by atoms with Crippen molar-refractivity contribution in [2.75, 3.05) is 6.61 Å². The lowest BCUT2D eigenvalue weighted by atomic mass is 10.1. The molecule has 0 fully saturated rings. The molecule has 5 heteroatoms. The monoisotopic (exact) mass is 380 g/mol. The van der Waals surface area contributed by atoms with Crippen molar-refractivity contribution in [1.29, 1.82) is 0 Å². The van der Waals surface area contributed by atoms with Gasteiger partial charge in [-0.1, -0.05) is 38.5 Å². The van der Waals surface area contributed by atoms with Crippen molar-refractivity contribution >= 4 is 16.9 Å². The zero-order valence-corrected chi connectivity index (χ0v) is 16.2. The topological polar surface area (TPSA) is 65.7 Å². The first-order valence-electron chi connectivity index (χ1n) is 9.63. The van der Waals surface area contributed by atoms with Gasteiger partial charge in [0.1, 0.15) is 11.3 Å². The lowest BCUT2D eigenvalue weighted by Gasteiger charge is -2.12. The molecule has 146 valence electrons. The van der Waals surface area contributed by atoms with Crippen LogP contribution in [0.1, 0.15) is 49.0 Å². The van der Waals surface area contributed by atoms with Gasteiger partial charge in [0.2, 0.25) is 0 Å². The van der Waals surface area contributed by atoms with Crippen molar-refractivity contribution in [3.63, 3.8) is 0 Å². The van der Waals surface area contributed by atoms with Crippen molar-refractivity contribution in [2.45, 2.75) is 39.5 Å². The Hall–Kier alpha value is -3.08. The molecule has 0 amide bonds. The van der Waals surface area contributed by atoms with Crippen LogP contribution >= 0.6 is 0 Å². The van der Waals surface area contributed by atoms with Gasteiger partial charge < -0.3 is 13.9 Å². The summed E-state index contributed by atoms with van der Waals surface area (Å²) in [6, 6.07) is 13.9. The lowest BCUT2D eigenvalue weighted by Crippen LogP contribution is -2.16. The number of carbonyl (C=O) groups is 1. The smallest absolute Gasteiger partial charge is 0.343 e. The molecular weight excluding hydrogens is 356 g/mol. The van der Waals surface area contributed by atoms with E-state index in [1.165, 1.54) is 0 Å². The van der Waals surface area contributed by atoms with Gasteiger partial charge in [0, 0.05) is 0 Å². The highest BCUT2D eigenvalue weighted by Crippen LogP contribution is 2.29. The second kappa shape index (κ2) is 9.22. The summed E-state index contributed by atoms with van der Waals surface area (Å²) in [6.07, 6.45) is 3.08. The van der Waals surface area contributed by atoms with Crippen molar-refractivity contribution in [1.82, 2.24) is 0 Å². The van der Waals surface area contributed by atoms with Crippen LogP contribution in [0.3, 0.4) is 0 Å². The number of rotatable bonds is 8. The van der Waals surface area contributed by atoms with Gasteiger partial charge in [-0.2, -0.15) is 0 Å². The Morgan fingerprint density at radius 2 is 1.86 bits per heavy atom. The molecule has 3 aromatic rings. The number of benzene rings is 2. The summed E-state index contributed by atoms with van der Waals surface area (Å²) in [5.74, 6) is 0.362. The molecule has 0 aliphatic rings. The number of unbranched alkanes of at least 4 members (excludes halogenated alkanes) is 1. The van der Waals surface area contributed by atoms with Crippen LogP contribution in [0.5, 0.6) is 11.5 Å². The third-order valence-electron chi connectivity index (χ3n) is 4.37. The maximum absolute atomic E-state index is 12.8. The quantitative estimate of drug-likeness (QED) is 0.400. The van der Waals surface area contributed by atoms with E-state index in [4.69, 9.17) is 13.9 Å². The zero-order chi connectivity index (χ0) is 19.9. The minimum atomic E-state index is -0.532. The normalized spacial score (nSPS) is 10.8. The highest BCUT2D eigenvalue weighted by Gasteiger charge is 2.19. The molecule has 0 unspecified atom stereocenters. The zero-order valence-electron chi connectivity index (χ0n) is 16.2. The number of ether oxygens (including phenoxy) is 2. The molecule has 0 aliphatic carbocycles. The summed E-state index contributed by atoms with van der Waals surface area (Å²) in [6.45, 7) is 4.63. The summed E-state index contributed by atoms with van der Waals surface area (Å²) in [5, 5.41) is 0.611. The van der Waals surface area contributed by atoms with Crippen LogP contribution in [0.15, 0.2) is 57.7 Å². The van der Waals surface area contributed by atoms with Gasteiger partial charge in [-0.25, -0.2) is 9.59 Å². The first-order chi connectivity index (χ1) is 13.6. The first-order valence-corrected chi connectivity index (χ1v) is 9.63. The van der Waals surface area contributed by atoms with Crippen molar-refractivity contribution < 1.29 is 18.7 Å². The van der Waals surface area contributed by atoms with Gasteiger partial charge in [-0.3, -0.25) is 0 Å². The van der Waals surface area contributed by atoms with Crippen LogP contribution < -0.4 is 15.1 Å². The third-order valence-corrected chi connectivity index (χ3v) is 4.37. The van der Waals surface area contributed by atoms with Gasteiger partial charge in [0.15, 0.2) is 5.75 Å². The molecule has 0 N–H and O–H groups in total. The fourth-order valence-electron chi connectivity index (χ4n) is 2.93. The third kappa shape index (κ3) is 4.42. The van der Waals surface area contributed by atoms with Crippen LogP contribution in [0.2, 0.25) is 0 Å². The van der Waals surface area contributed by atoms with Crippen molar-refractivity contribution in [2.24, 2.45) is 0 Å². The Balaban J connectivity index is 1.98. The number of hydrogen-bond acceptors (Lipinski definition) is 5. The van der Waals surface area contributed by atoms with Crippen LogP contribution in [-0.4, -0.2) is 12.6 Å². The number of carbonyl (C=O) groups excluding carboxylic acids is 1. The Kier molecular flexibility index (Phi) is 6.48. The summed E-state index contributed by atoms with van der Waals surface area (Å²) in [5.41, 5.74) is 0.699. The highest BCUT2D eigenvalue weighted by atomic mass is 16.5. The molecule has 0 spiro atoms. The van der Waals surface area contributed by atoms with Gasteiger partial charge in [0.25, 0.3) is 0 Å². The van der Waals surface area contributed by atoms with Gasteiger partial charge >= 0.3 is 11.6 Å². The van der Waals surface area contributed by atoms with E-state index in [1.54, 1.807) is 42.5 Å². The summed E-state index contributed by atoms with van der Waals surface area (Å²) in [4.78, 5) is 25.3. The van der Waals surface area contributed by atoms with Crippen LogP contribution in [0.4, 0.5) is 0 Å². The largest absolute Gasteiger partial charge is 0.494 e. The molecule has 0 saturated heterocycles. The predicted octanol–water partition coefficient (Wildman–Crippen LogP) is 5.14. The van der Waals surface area contributed by atoms with E-state index >= 15 is 0 Å². The lowest BCUT2D eigenvalue weighted by molar-refractivity contribution is 0.0734. The number of hydrogen-bond donors (Lipinski definition) is 0. The second-order valence-corrected chi connectivity index (χ2v) is 6.56. The molecule has 0 saturated carbocycles. The van der Waals surface area contributed by atoms with E-state index < -0.39 is 11.6 Å². The van der Waals surface area contributed by atoms with Crippen LogP contribution in [0, 0.1) is 0 Å². The maximum Gasteiger partial charge on any atom is 0.343 e. The van der Waals surface area contributed by atoms with E-state index in [0.717, 1.165) is 19.3 Å². The Bertz CT molecular complexity index is 1020. The molecule has 0 bridgehead atoms. The summed E-state index contributed by atoms with van der Waals surface area (Å²) < 4.78 is 16.7. The van der Waals surface area contributed by atoms with Gasteiger partial charge in [0.05, 0.1) is 23.1 Å². The van der Waals surface area contributed by atoms with Gasteiger partial charge in [-0.15, -0.1) is 0 Å². The van der Waals surface area contributed by atoms with Crippen LogP contribution in [-0.2, 0) is 6.42 Å². The standard InChI is InChI=1S/C23H24O5/c1-3-5-11-19-21(18-12-6-7-13-20(18)27-23(19)25)28-22(24)16-9-8-10-17(15-16)26-14-4-2/h6-10,12-13,15H,3-5,11,14H2,1-2H3. The Morgan fingerprint density at radius 1 is 1.04 bits per heavy atom. The molecule has 2 aromatic carbocycles. The predicted molar refractivity (Wildman–Crippen MR) is 108 cm³/mol. The highest BCUT2D eigenvalue weighted by molar-refractivity contribution is 5.95. The molecular formula is C23H24O5. The molecule has 0 aliphatic heterocycles. The van der Waals surface area contributed by atoms with E-state index in [9.17, 15) is 9.59 Å². The Morgan fingerprint density at radius 3 is 2.64 bits per heavy atom. The van der Waals surface area contributed by atoms with E-state index in [2.05, 4.69) is 0 Å². The fraction of sp³-hybridized carbons (Fsp3) is 0.304. The van der Waals surface area contributed by atoms with Crippen molar-refractivity contribution in [3.8, 4) is 11.5 Å². The van der Waals surface area contributed by atoms with E-state index in [1.807, 2.05) is 19.9 Å². The molecule has 0 atom stereocenters. The summed E-state index contributed by atoms with van der Waals surface area (Å²) in [7, 11) is 0. The van der Waals surface area contributed by atoms with Crippen molar-refractivity contribution in [3.05, 3.63) is 70.1 Å². The number of para-hydroxylation sites is 1. The Labute approximate surface area is 163 Å². The summed E-state index contributed by atoms with van der Waals surface area (Å²) >= 11 is 0. The first kappa shape index (κ1) is 19.7. The fourth-order valence-corrected chi connectivity index (χ4v) is 2.93. The maximum atomic E-state index is 12.8. The number of esters is 1. The number of fused-ring (bicyclic) bond motifs is 1. The minimum absolute atomic E-state index is 0.283. The molecule has 1 aromatic heterocycles. The average molecular weight is 380 g/mol. The average Bonchev–Trinajstić information content (AvgIpc) is 2.72. The van der Waals surface area contributed by atoms with Crippen LogP contribution in [0.25, 0.3) is 11.0 Å². The SMILES string of the molecule is CCCCc1c(OC(=O)c2cccc(OCCC)c2)c2ccccc2oc1=O. The molecule has 3 rings (SSSR count). The second-order valence-electron chi connectivity index (χ2n) is 6.56. The van der Waals surface area contributed by atoms with Gasteiger partial charge in [-0.05, 0) is 49.6 Å². The molecule has 1 heterocycles. The molecule has 28 heavy (non-hydrogen) atoms. The molecule has 0 radical (unpaired) electrons. The molecule has 5 nitrogen and oxygen atoms in total. The van der Waals surface area contributed by atoms with E-state index in [0.29, 0.717) is 40.9 Å². The minimum Gasteiger partial charge on any atom is -0.494 e.